The van der Waals surface area contributed by atoms with Gasteiger partial charge in [0.1, 0.15) is 5.82 Å². The van der Waals surface area contributed by atoms with Gasteiger partial charge < -0.3 is 14.5 Å². The molecule has 7 heteroatoms. The van der Waals surface area contributed by atoms with E-state index in [1.165, 1.54) is 12.1 Å². The first-order valence-corrected chi connectivity index (χ1v) is 6.79. The highest BCUT2D eigenvalue weighted by Gasteiger charge is 2.15. The van der Waals surface area contributed by atoms with Crippen molar-refractivity contribution in [2.75, 3.05) is 31.7 Å². The molecule has 2 rings (SSSR count). The summed E-state index contributed by atoms with van der Waals surface area (Å²) in [6, 6.07) is 6.64. The predicted octanol–water partition coefficient (Wildman–Crippen LogP) is 2.10. The molecule has 1 N–H and O–H groups in total. The Morgan fingerprint density at radius 3 is 2.95 bits per heavy atom. The summed E-state index contributed by atoms with van der Waals surface area (Å²) < 4.78 is 23.8. The van der Waals surface area contributed by atoms with E-state index in [4.69, 9.17) is 9.15 Å². The third-order valence-corrected chi connectivity index (χ3v) is 2.88. The lowest BCUT2D eigenvalue weighted by Gasteiger charge is -2.17. The van der Waals surface area contributed by atoms with Crippen LogP contribution in [-0.4, -0.2) is 37.0 Å². The van der Waals surface area contributed by atoms with Gasteiger partial charge in [0.2, 0.25) is 5.89 Å². The fourth-order valence-corrected chi connectivity index (χ4v) is 1.87. The van der Waals surface area contributed by atoms with Crippen LogP contribution in [0.2, 0.25) is 0 Å². The van der Waals surface area contributed by atoms with Crippen LogP contribution in [0.3, 0.4) is 0 Å². The van der Waals surface area contributed by atoms with Crippen LogP contribution in [0.4, 0.5) is 16.1 Å². The third-order valence-electron chi connectivity index (χ3n) is 2.88. The van der Waals surface area contributed by atoms with Gasteiger partial charge in [-0.3, -0.25) is 4.90 Å². The summed E-state index contributed by atoms with van der Waals surface area (Å²) in [5.41, 5.74) is 0.681. The summed E-state index contributed by atoms with van der Waals surface area (Å²) in [5, 5.41) is 11.1. The van der Waals surface area contributed by atoms with Gasteiger partial charge in [-0.1, -0.05) is 11.2 Å². The van der Waals surface area contributed by atoms with Crippen molar-refractivity contribution in [2.24, 2.45) is 0 Å². The number of benzene rings is 1. The maximum Gasteiger partial charge on any atom is 0.322 e. The minimum atomic E-state index is -0.299. The Balaban J connectivity index is 2.04. The Labute approximate surface area is 122 Å². The number of nitrogens with zero attached hydrogens (tertiary/aromatic N) is 3. The van der Waals surface area contributed by atoms with Crippen molar-refractivity contribution >= 4 is 11.7 Å². The van der Waals surface area contributed by atoms with Crippen LogP contribution >= 0.6 is 0 Å². The number of rotatable bonds is 8. The van der Waals surface area contributed by atoms with Crippen molar-refractivity contribution in [2.45, 2.75) is 13.5 Å². The molecule has 1 aromatic carbocycles. The van der Waals surface area contributed by atoms with E-state index < -0.39 is 0 Å². The highest BCUT2D eigenvalue weighted by atomic mass is 19.1. The van der Waals surface area contributed by atoms with Crippen LogP contribution in [0, 0.1) is 5.82 Å². The second-order valence-electron chi connectivity index (χ2n) is 4.37. The molecule has 1 aromatic heterocycles. The van der Waals surface area contributed by atoms with Gasteiger partial charge in [-0.05, 0) is 25.1 Å². The zero-order valence-electron chi connectivity index (χ0n) is 12.2. The molecule has 0 spiro atoms. The molecule has 0 aliphatic heterocycles. The SMILES string of the molecule is CCN(c1cccc(F)c1)c1nnc(CNCCOC)o1. The largest absolute Gasteiger partial charge is 0.406 e. The third kappa shape index (κ3) is 4.24. The smallest absolute Gasteiger partial charge is 0.322 e. The Bertz CT molecular complexity index is 561. The number of hydrogen-bond donors (Lipinski definition) is 1. The van der Waals surface area contributed by atoms with Gasteiger partial charge in [-0.15, -0.1) is 5.10 Å². The van der Waals surface area contributed by atoms with Gasteiger partial charge in [-0.2, -0.15) is 0 Å². The van der Waals surface area contributed by atoms with E-state index in [1.54, 1.807) is 24.1 Å². The summed E-state index contributed by atoms with van der Waals surface area (Å²) in [6.45, 7) is 4.33. The number of ether oxygens (including phenoxy) is 1. The fourth-order valence-electron chi connectivity index (χ4n) is 1.87. The number of anilines is 2. The summed E-state index contributed by atoms with van der Waals surface area (Å²) in [7, 11) is 1.64. The molecule has 0 radical (unpaired) electrons. The topological polar surface area (TPSA) is 63.4 Å². The minimum absolute atomic E-state index is 0.299. The highest BCUT2D eigenvalue weighted by molar-refractivity contribution is 5.55. The first kappa shape index (κ1) is 15.4. The minimum Gasteiger partial charge on any atom is -0.406 e. The van der Waals surface area contributed by atoms with Crippen LogP contribution in [-0.2, 0) is 11.3 Å². The number of nitrogens with one attached hydrogen (secondary N) is 1. The maximum absolute atomic E-state index is 13.3. The van der Waals surface area contributed by atoms with Crippen LogP contribution in [0.25, 0.3) is 0 Å². The molecule has 0 unspecified atom stereocenters. The molecule has 0 fully saturated rings. The lowest BCUT2D eigenvalue weighted by atomic mass is 10.3. The lowest BCUT2D eigenvalue weighted by molar-refractivity contribution is 0.198. The molecular formula is C14H19FN4O2. The predicted molar refractivity (Wildman–Crippen MR) is 77.0 cm³/mol. The summed E-state index contributed by atoms with van der Waals surface area (Å²) in [6.07, 6.45) is 0. The molecule has 0 saturated carbocycles. The van der Waals surface area contributed by atoms with Gasteiger partial charge in [0.15, 0.2) is 0 Å². The van der Waals surface area contributed by atoms with Crippen LogP contribution in [0.15, 0.2) is 28.7 Å². The quantitative estimate of drug-likeness (QED) is 0.752. The molecule has 114 valence electrons. The van der Waals surface area contributed by atoms with Crippen LogP contribution in [0.1, 0.15) is 12.8 Å². The van der Waals surface area contributed by atoms with E-state index in [9.17, 15) is 4.39 Å². The second-order valence-corrected chi connectivity index (χ2v) is 4.37. The number of halogens is 1. The van der Waals surface area contributed by atoms with E-state index >= 15 is 0 Å². The van der Waals surface area contributed by atoms with Crippen molar-refractivity contribution in [3.8, 4) is 0 Å². The average molecular weight is 294 g/mol. The molecule has 0 saturated heterocycles. The number of aromatic nitrogens is 2. The van der Waals surface area contributed by atoms with Crippen molar-refractivity contribution in [1.29, 1.82) is 0 Å². The lowest BCUT2D eigenvalue weighted by Crippen LogP contribution is -2.18. The Morgan fingerprint density at radius 2 is 2.24 bits per heavy atom. The fraction of sp³-hybridized carbons (Fsp3) is 0.429. The van der Waals surface area contributed by atoms with Crippen molar-refractivity contribution in [3.05, 3.63) is 36.0 Å². The molecule has 0 aliphatic carbocycles. The van der Waals surface area contributed by atoms with Crippen LogP contribution < -0.4 is 10.2 Å². The van der Waals surface area contributed by atoms with Gasteiger partial charge in [0, 0.05) is 25.9 Å². The molecular weight excluding hydrogens is 275 g/mol. The standard InChI is InChI=1S/C14H19FN4O2/c1-3-19(12-6-4-5-11(15)9-12)14-18-17-13(21-14)10-16-7-8-20-2/h4-6,9,16H,3,7-8,10H2,1-2H3. The Kier molecular flexibility index (Phi) is 5.65. The van der Waals surface area contributed by atoms with Gasteiger partial charge in [0.25, 0.3) is 0 Å². The second kappa shape index (κ2) is 7.70. The van der Waals surface area contributed by atoms with E-state index in [1.807, 2.05) is 6.92 Å². The zero-order valence-corrected chi connectivity index (χ0v) is 12.2. The van der Waals surface area contributed by atoms with Crippen molar-refractivity contribution in [1.82, 2.24) is 15.5 Å². The van der Waals surface area contributed by atoms with Gasteiger partial charge in [-0.25, -0.2) is 4.39 Å². The number of methoxy groups -OCH3 is 1. The normalized spacial score (nSPS) is 10.8. The summed E-state index contributed by atoms with van der Waals surface area (Å²) in [4.78, 5) is 1.76. The van der Waals surface area contributed by atoms with E-state index in [-0.39, 0.29) is 5.82 Å². The average Bonchev–Trinajstić information content (AvgIpc) is 2.93. The molecule has 0 atom stereocenters. The van der Waals surface area contributed by atoms with Gasteiger partial charge >= 0.3 is 6.01 Å². The van der Waals surface area contributed by atoms with Crippen LogP contribution in [0.5, 0.6) is 0 Å². The first-order chi connectivity index (χ1) is 10.2. The van der Waals surface area contributed by atoms with Gasteiger partial charge in [0.05, 0.1) is 13.2 Å². The molecule has 0 aliphatic rings. The summed E-state index contributed by atoms with van der Waals surface area (Å²) in [5.74, 6) is 0.183. The molecule has 6 nitrogen and oxygen atoms in total. The first-order valence-electron chi connectivity index (χ1n) is 6.79. The monoisotopic (exact) mass is 294 g/mol. The van der Waals surface area contributed by atoms with E-state index in [2.05, 4.69) is 15.5 Å². The van der Waals surface area contributed by atoms with E-state index in [0.29, 0.717) is 43.8 Å². The zero-order chi connectivity index (χ0) is 15.1. The summed E-state index contributed by atoms with van der Waals surface area (Å²) >= 11 is 0. The highest BCUT2D eigenvalue weighted by Crippen LogP contribution is 2.24. The Morgan fingerprint density at radius 1 is 1.38 bits per heavy atom. The van der Waals surface area contributed by atoms with Crippen molar-refractivity contribution in [3.63, 3.8) is 0 Å². The Hall–Kier alpha value is -1.99. The molecule has 21 heavy (non-hydrogen) atoms. The number of hydrogen-bond acceptors (Lipinski definition) is 6. The molecule has 2 aromatic rings. The molecule has 0 bridgehead atoms. The maximum atomic E-state index is 13.3. The molecule has 1 heterocycles. The van der Waals surface area contributed by atoms with E-state index in [0.717, 1.165) is 0 Å². The molecule has 0 amide bonds. The van der Waals surface area contributed by atoms with Crippen molar-refractivity contribution < 1.29 is 13.5 Å².